The highest BCUT2D eigenvalue weighted by molar-refractivity contribution is 6.74. The quantitative estimate of drug-likeness (QED) is 0.706. The molecule has 0 unspecified atom stereocenters. The summed E-state index contributed by atoms with van der Waals surface area (Å²) in [6.07, 6.45) is 0.625. The zero-order chi connectivity index (χ0) is 13.0. The Morgan fingerprint density at radius 1 is 1.44 bits per heavy atom. The molecule has 0 heterocycles. The Balaban J connectivity index is 3.94. The molecule has 0 fully saturated rings. The largest absolute Gasteiger partial charge is 0.481 e. The summed E-state index contributed by atoms with van der Waals surface area (Å²) in [5.41, 5.74) is 5.67. The van der Waals surface area contributed by atoms with Crippen LogP contribution in [0.15, 0.2) is 0 Å². The molecule has 0 saturated carbocycles. The van der Waals surface area contributed by atoms with E-state index in [0.29, 0.717) is 13.0 Å². The van der Waals surface area contributed by atoms with Gasteiger partial charge in [0, 0.05) is 12.6 Å². The molecule has 16 heavy (non-hydrogen) atoms. The van der Waals surface area contributed by atoms with Crippen LogP contribution in [0.25, 0.3) is 0 Å². The summed E-state index contributed by atoms with van der Waals surface area (Å²) in [4.78, 5) is 10.4. The first-order valence-electron chi connectivity index (χ1n) is 5.67. The van der Waals surface area contributed by atoms with Crippen molar-refractivity contribution in [2.45, 2.75) is 57.8 Å². The van der Waals surface area contributed by atoms with Gasteiger partial charge >= 0.3 is 5.97 Å². The first-order chi connectivity index (χ1) is 7.06. The van der Waals surface area contributed by atoms with E-state index in [1.54, 1.807) is 0 Å². The van der Waals surface area contributed by atoms with Gasteiger partial charge < -0.3 is 15.3 Å². The van der Waals surface area contributed by atoms with Gasteiger partial charge in [-0.15, -0.1) is 0 Å². The second kappa shape index (κ2) is 5.79. The molecule has 96 valence electrons. The van der Waals surface area contributed by atoms with Gasteiger partial charge in [-0.2, -0.15) is 0 Å². The number of aliphatic carboxylic acids is 1. The van der Waals surface area contributed by atoms with Crippen LogP contribution < -0.4 is 5.73 Å². The second-order valence-electron chi connectivity index (χ2n) is 5.76. The van der Waals surface area contributed by atoms with E-state index in [4.69, 9.17) is 15.3 Å². The number of carboxylic acids is 1. The van der Waals surface area contributed by atoms with Crippen molar-refractivity contribution in [2.24, 2.45) is 5.73 Å². The number of carbonyl (C=O) groups is 1. The standard InChI is InChI=1S/C11H25NO3Si/c1-11(2,3)16(4,5)15-7-6-9(12)8-10(13)14/h9H,6-8,12H2,1-5H3,(H,13,14)/t9-/m0/s1. The van der Waals surface area contributed by atoms with E-state index < -0.39 is 14.3 Å². The lowest BCUT2D eigenvalue weighted by Crippen LogP contribution is -2.41. The van der Waals surface area contributed by atoms with Crippen molar-refractivity contribution < 1.29 is 14.3 Å². The van der Waals surface area contributed by atoms with Gasteiger partial charge in [0.1, 0.15) is 0 Å². The van der Waals surface area contributed by atoms with Gasteiger partial charge in [0.2, 0.25) is 0 Å². The van der Waals surface area contributed by atoms with E-state index in [1.165, 1.54) is 0 Å². The smallest absolute Gasteiger partial charge is 0.304 e. The number of hydrogen-bond acceptors (Lipinski definition) is 3. The minimum Gasteiger partial charge on any atom is -0.481 e. The molecule has 3 N–H and O–H groups in total. The van der Waals surface area contributed by atoms with Crippen molar-refractivity contribution in [2.75, 3.05) is 6.61 Å². The van der Waals surface area contributed by atoms with E-state index in [1.807, 2.05) is 0 Å². The molecule has 0 spiro atoms. The third-order valence-corrected chi connectivity index (χ3v) is 7.73. The minimum absolute atomic E-state index is 0.0147. The average Bonchev–Trinajstić information content (AvgIpc) is 1.99. The molecule has 0 radical (unpaired) electrons. The Morgan fingerprint density at radius 2 is 1.94 bits per heavy atom. The van der Waals surface area contributed by atoms with Gasteiger partial charge in [-0.1, -0.05) is 20.8 Å². The van der Waals surface area contributed by atoms with E-state index in [2.05, 4.69) is 33.9 Å². The predicted octanol–water partition coefficient (Wildman–Crippen LogP) is 2.20. The summed E-state index contributed by atoms with van der Waals surface area (Å²) >= 11 is 0. The maximum atomic E-state index is 10.4. The zero-order valence-electron chi connectivity index (χ0n) is 11.0. The molecule has 0 aliphatic carbocycles. The molecule has 0 aromatic carbocycles. The first kappa shape index (κ1) is 15.6. The zero-order valence-corrected chi connectivity index (χ0v) is 12.0. The lowest BCUT2D eigenvalue weighted by Gasteiger charge is -2.36. The lowest BCUT2D eigenvalue weighted by molar-refractivity contribution is -0.137. The number of hydrogen-bond donors (Lipinski definition) is 2. The summed E-state index contributed by atoms with van der Waals surface area (Å²) in [5.74, 6) is -0.847. The third kappa shape index (κ3) is 5.63. The van der Waals surface area contributed by atoms with E-state index in [9.17, 15) is 4.79 Å². The van der Waals surface area contributed by atoms with Crippen LogP contribution in [0.5, 0.6) is 0 Å². The Labute approximate surface area is 99.3 Å². The van der Waals surface area contributed by atoms with Crippen molar-refractivity contribution >= 4 is 14.3 Å². The molecule has 0 saturated heterocycles. The second-order valence-corrected chi connectivity index (χ2v) is 10.6. The maximum Gasteiger partial charge on any atom is 0.304 e. The van der Waals surface area contributed by atoms with Crippen molar-refractivity contribution in [3.8, 4) is 0 Å². The topological polar surface area (TPSA) is 72.5 Å². The van der Waals surface area contributed by atoms with Crippen molar-refractivity contribution in [1.82, 2.24) is 0 Å². The predicted molar refractivity (Wildman–Crippen MR) is 68.0 cm³/mol. The summed E-state index contributed by atoms with van der Waals surface area (Å²) in [6.45, 7) is 11.4. The maximum absolute atomic E-state index is 10.4. The van der Waals surface area contributed by atoms with Gasteiger partial charge in [-0.3, -0.25) is 4.79 Å². The van der Waals surface area contributed by atoms with Crippen LogP contribution in [0.1, 0.15) is 33.6 Å². The van der Waals surface area contributed by atoms with Gasteiger partial charge in [0.05, 0.1) is 6.42 Å². The molecule has 0 rings (SSSR count). The fourth-order valence-electron chi connectivity index (χ4n) is 1.01. The van der Waals surface area contributed by atoms with Crippen molar-refractivity contribution in [1.29, 1.82) is 0 Å². The van der Waals surface area contributed by atoms with Crippen LogP contribution in [0.4, 0.5) is 0 Å². The number of rotatable bonds is 6. The number of carboxylic acid groups (broad SMARTS) is 1. The molecule has 0 aromatic heterocycles. The Kier molecular flexibility index (Phi) is 5.65. The summed E-state index contributed by atoms with van der Waals surface area (Å²) in [5, 5.41) is 8.74. The van der Waals surface area contributed by atoms with Crippen LogP contribution in [0.2, 0.25) is 18.1 Å². The highest BCUT2D eigenvalue weighted by Gasteiger charge is 2.36. The lowest BCUT2D eigenvalue weighted by atomic mass is 10.2. The fourth-order valence-corrected chi connectivity index (χ4v) is 2.07. The summed E-state index contributed by atoms with van der Waals surface area (Å²) in [7, 11) is -1.71. The van der Waals surface area contributed by atoms with Crippen LogP contribution in [-0.4, -0.2) is 32.0 Å². The van der Waals surface area contributed by atoms with Crippen LogP contribution in [0, 0.1) is 0 Å². The summed E-state index contributed by atoms with van der Waals surface area (Å²) < 4.78 is 5.91. The summed E-state index contributed by atoms with van der Waals surface area (Å²) in [6, 6.07) is -0.303. The molecular weight excluding hydrogens is 222 g/mol. The molecule has 0 bridgehead atoms. The molecular formula is C11H25NO3Si. The third-order valence-electron chi connectivity index (χ3n) is 3.19. The van der Waals surface area contributed by atoms with Gasteiger partial charge in [0.25, 0.3) is 0 Å². The number of nitrogens with two attached hydrogens (primary N) is 1. The molecule has 0 aliphatic rings. The molecule has 5 heteroatoms. The van der Waals surface area contributed by atoms with Crippen molar-refractivity contribution in [3.63, 3.8) is 0 Å². The van der Waals surface area contributed by atoms with Crippen LogP contribution in [0.3, 0.4) is 0 Å². The molecule has 4 nitrogen and oxygen atoms in total. The van der Waals surface area contributed by atoms with Gasteiger partial charge in [-0.25, -0.2) is 0 Å². The first-order valence-corrected chi connectivity index (χ1v) is 8.58. The minimum atomic E-state index is -1.71. The normalized spacial score (nSPS) is 14.9. The van der Waals surface area contributed by atoms with Crippen LogP contribution >= 0.6 is 0 Å². The molecule has 0 aliphatic heterocycles. The van der Waals surface area contributed by atoms with Gasteiger partial charge in [-0.05, 0) is 24.6 Å². The van der Waals surface area contributed by atoms with Crippen molar-refractivity contribution in [3.05, 3.63) is 0 Å². The fraction of sp³-hybridized carbons (Fsp3) is 0.909. The highest BCUT2D eigenvalue weighted by atomic mass is 28.4. The average molecular weight is 247 g/mol. The van der Waals surface area contributed by atoms with E-state index in [0.717, 1.165) is 0 Å². The molecule has 0 aromatic rings. The van der Waals surface area contributed by atoms with E-state index >= 15 is 0 Å². The molecule has 0 amide bonds. The Hall–Kier alpha value is -0.393. The SMILES string of the molecule is CC(C)(C)[Si](C)(C)OCC[C@H](N)CC(=O)O. The highest BCUT2D eigenvalue weighted by Crippen LogP contribution is 2.36. The Bertz CT molecular complexity index is 236. The Morgan fingerprint density at radius 3 is 2.31 bits per heavy atom. The van der Waals surface area contributed by atoms with E-state index in [-0.39, 0.29) is 17.5 Å². The van der Waals surface area contributed by atoms with Gasteiger partial charge in [0.15, 0.2) is 8.32 Å². The van der Waals surface area contributed by atoms with Crippen LogP contribution in [-0.2, 0) is 9.22 Å². The molecule has 1 atom stereocenters. The monoisotopic (exact) mass is 247 g/mol.